The molecule has 0 aliphatic heterocycles. The molecule has 78 valence electrons. The second-order valence-corrected chi connectivity index (χ2v) is 3.28. The van der Waals surface area contributed by atoms with Crippen molar-refractivity contribution in [3.8, 4) is 11.5 Å². The summed E-state index contributed by atoms with van der Waals surface area (Å²) in [5, 5.41) is 6.74. The summed E-state index contributed by atoms with van der Waals surface area (Å²) >= 11 is 2.83. The molecule has 1 aromatic carbocycles. The number of benzene rings is 1. The van der Waals surface area contributed by atoms with Crippen LogP contribution in [0.25, 0.3) is 11.5 Å². The van der Waals surface area contributed by atoms with Gasteiger partial charge in [0.25, 0.3) is 10.7 Å². The molecule has 0 saturated carbocycles. The quantitative estimate of drug-likeness (QED) is 0.805. The zero-order valence-corrected chi connectivity index (χ0v) is 8.56. The van der Waals surface area contributed by atoms with Gasteiger partial charge in [0.1, 0.15) is 23.0 Å². The molecule has 0 atom stereocenters. The van der Waals surface area contributed by atoms with Crippen LogP contribution in [-0.2, 0) is 0 Å². The summed E-state index contributed by atoms with van der Waals surface area (Å²) in [4.78, 5) is -0.0133. The lowest BCUT2D eigenvalue weighted by molar-refractivity contribution is 0.512. The number of rotatable bonds is 1. The van der Waals surface area contributed by atoms with Gasteiger partial charge in [0.05, 0.1) is 0 Å². The Morgan fingerprint density at radius 2 is 1.67 bits per heavy atom. The molecule has 0 N–H and O–H groups in total. The van der Waals surface area contributed by atoms with Gasteiger partial charge in [-0.2, -0.15) is 0 Å². The maximum atomic E-state index is 13.2. The molecule has 7 heteroatoms. The highest BCUT2D eigenvalue weighted by atomic mass is 79.9. The van der Waals surface area contributed by atoms with Crippen LogP contribution in [0.5, 0.6) is 0 Å². The minimum atomic E-state index is -1.09. The van der Waals surface area contributed by atoms with Crippen molar-refractivity contribution >= 4 is 15.9 Å². The van der Waals surface area contributed by atoms with Crippen LogP contribution in [0.4, 0.5) is 13.2 Å². The number of nitrogens with zero attached hydrogens (tertiary/aromatic N) is 2. The molecule has 0 unspecified atom stereocenters. The third-order valence-electron chi connectivity index (χ3n) is 1.62. The fraction of sp³-hybridized carbons (Fsp3) is 0. The zero-order valence-electron chi connectivity index (χ0n) is 6.97. The first-order chi connectivity index (χ1) is 7.08. The molecule has 0 aliphatic rings. The normalized spacial score (nSPS) is 10.7. The largest absolute Gasteiger partial charge is 0.411 e. The van der Waals surface area contributed by atoms with Crippen LogP contribution >= 0.6 is 15.9 Å². The SMILES string of the molecule is Fc1cc(F)c(-c2nnc(Br)o2)c(F)c1. The molecule has 1 heterocycles. The molecule has 2 aromatic rings. The average molecular weight is 279 g/mol. The fourth-order valence-electron chi connectivity index (χ4n) is 1.05. The zero-order chi connectivity index (χ0) is 11.0. The number of halogens is 4. The molecule has 0 amide bonds. The minimum Gasteiger partial charge on any atom is -0.411 e. The monoisotopic (exact) mass is 278 g/mol. The van der Waals surface area contributed by atoms with Crippen molar-refractivity contribution in [2.45, 2.75) is 0 Å². The first-order valence-corrected chi connectivity index (χ1v) is 4.51. The molecule has 0 radical (unpaired) electrons. The van der Waals surface area contributed by atoms with E-state index >= 15 is 0 Å². The Balaban J connectivity index is 2.62. The summed E-state index contributed by atoms with van der Waals surface area (Å²) < 4.78 is 43.7. The van der Waals surface area contributed by atoms with E-state index in [0.717, 1.165) is 0 Å². The molecule has 3 nitrogen and oxygen atoms in total. The smallest absolute Gasteiger partial charge is 0.285 e. The molecular weight excluding hydrogens is 277 g/mol. The molecule has 1 aromatic heterocycles. The van der Waals surface area contributed by atoms with E-state index in [1.54, 1.807) is 0 Å². The van der Waals surface area contributed by atoms with E-state index in [1.165, 1.54) is 0 Å². The summed E-state index contributed by atoms with van der Waals surface area (Å²) in [5.41, 5.74) is -0.547. The predicted molar refractivity (Wildman–Crippen MR) is 47.3 cm³/mol. The second kappa shape index (κ2) is 3.65. The third-order valence-corrected chi connectivity index (χ3v) is 1.94. The molecule has 2 rings (SSSR count). The molecule has 0 bridgehead atoms. The van der Waals surface area contributed by atoms with Crippen molar-refractivity contribution in [1.82, 2.24) is 10.2 Å². The van der Waals surface area contributed by atoms with E-state index in [9.17, 15) is 13.2 Å². The van der Waals surface area contributed by atoms with Crippen molar-refractivity contribution in [3.05, 3.63) is 34.4 Å². The van der Waals surface area contributed by atoms with Gasteiger partial charge >= 0.3 is 0 Å². The number of aromatic nitrogens is 2. The lowest BCUT2D eigenvalue weighted by atomic mass is 10.2. The van der Waals surface area contributed by atoms with E-state index in [-0.39, 0.29) is 10.7 Å². The van der Waals surface area contributed by atoms with Gasteiger partial charge in [-0.1, -0.05) is 0 Å². The van der Waals surface area contributed by atoms with E-state index in [1.807, 2.05) is 0 Å². The average Bonchev–Trinajstić information content (AvgIpc) is 2.49. The van der Waals surface area contributed by atoms with Crippen molar-refractivity contribution in [1.29, 1.82) is 0 Å². The maximum absolute atomic E-state index is 13.2. The fourth-order valence-corrected chi connectivity index (χ4v) is 1.29. The summed E-state index contributed by atoms with van der Waals surface area (Å²) in [6.45, 7) is 0. The van der Waals surface area contributed by atoms with Crippen LogP contribution in [0.1, 0.15) is 0 Å². The Morgan fingerprint density at radius 3 is 2.13 bits per heavy atom. The van der Waals surface area contributed by atoms with Crippen LogP contribution < -0.4 is 0 Å². The molecule has 0 fully saturated rings. The van der Waals surface area contributed by atoms with Crippen LogP contribution in [0.3, 0.4) is 0 Å². The highest BCUT2D eigenvalue weighted by Gasteiger charge is 2.18. The van der Waals surface area contributed by atoms with Crippen LogP contribution in [-0.4, -0.2) is 10.2 Å². The standard InChI is InChI=1S/C8H2BrF3N2O/c9-8-14-13-7(15-8)6-4(11)1-3(10)2-5(6)12/h1-2H. The van der Waals surface area contributed by atoms with E-state index in [0.29, 0.717) is 12.1 Å². The number of hydrogen-bond donors (Lipinski definition) is 0. The topological polar surface area (TPSA) is 38.9 Å². The molecular formula is C8H2BrF3N2O. The van der Waals surface area contributed by atoms with Crippen molar-refractivity contribution < 1.29 is 17.6 Å². The highest BCUT2D eigenvalue weighted by molar-refractivity contribution is 9.10. The Morgan fingerprint density at radius 1 is 1.07 bits per heavy atom. The predicted octanol–water partition coefficient (Wildman–Crippen LogP) is 2.92. The highest BCUT2D eigenvalue weighted by Crippen LogP contribution is 2.26. The summed E-state index contributed by atoms with van der Waals surface area (Å²) in [5.74, 6) is -3.54. The third kappa shape index (κ3) is 1.87. The number of hydrogen-bond acceptors (Lipinski definition) is 3. The van der Waals surface area contributed by atoms with Crippen LogP contribution in [0, 0.1) is 17.5 Å². The van der Waals surface area contributed by atoms with Gasteiger partial charge in [-0.3, -0.25) is 0 Å². The van der Waals surface area contributed by atoms with Crippen molar-refractivity contribution in [2.75, 3.05) is 0 Å². The summed E-state index contributed by atoms with van der Waals surface area (Å²) in [6, 6.07) is 1.08. The summed E-state index contributed by atoms with van der Waals surface area (Å²) in [7, 11) is 0. The van der Waals surface area contributed by atoms with Crippen LogP contribution in [0.2, 0.25) is 0 Å². The van der Waals surface area contributed by atoms with Gasteiger partial charge in [0.15, 0.2) is 0 Å². The van der Waals surface area contributed by atoms with Gasteiger partial charge < -0.3 is 4.42 Å². The summed E-state index contributed by atoms with van der Waals surface area (Å²) in [6.07, 6.45) is 0. The lowest BCUT2D eigenvalue weighted by Crippen LogP contribution is -1.92. The van der Waals surface area contributed by atoms with Gasteiger partial charge in [-0.25, -0.2) is 13.2 Å². The molecule has 0 saturated heterocycles. The molecule has 0 spiro atoms. The van der Waals surface area contributed by atoms with Crippen molar-refractivity contribution in [3.63, 3.8) is 0 Å². The Hall–Kier alpha value is -1.37. The van der Waals surface area contributed by atoms with Gasteiger partial charge in [0, 0.05) is 28.1 Å². The van der Waals surface area contributed by atoms with E-state index in [4.69, 9.17) is 4.42 Å². The molecule has 0 aliphatic carbocycles. The molecule has 15 heavy (non-hydrogen) atoms. The first kappa shape index (κ1) is 10.2. The van der Waals surface area contributed by atoms with Gasteiger partial charge in [-0.15, -0.1) is 10.2 Å². The van der Waals surface area contributed by atoms with E-state index in [2.05, 4.69) is 26.1 Å². The minimum absolute atomic E-state index is 0.0133. The van der Waals surface area contributed by atoms with Crippen LogP contribution in [0.15, 0.2) is 21.3 Å². The second-order valence-electron chi connectivity index (χ2n) is 2.60. The lowest BCUT2D eigenvalue weighted by Gasteiger charge is -1.99. The van der Waals surface area contributed by atoms with Crippen molar-refractivity contribution in [2.24, 2.45) is 0 Å². The Bertz CT molecular complexity index is 491. The van der Waals surface area contributed by atoms with Gasteiger partial charge in [-0.05, 0) is 0 Å². The van der Waals surface area contributed by atoms with Gasteiger partial charge in [0.2, 0.25) is 0 Å². The first-order valence-electron chi connectivity index (χ1n) is 3.72. The van der Waals surface area contributed by atoms with E-state index < -0.39 is 23.0 Å². The Labute approximate surface area is 90.1 Å². The maximum Gasteiger partial charge on any atom is 0.285 e. The Kier molecular flexibility index (Phi) is 2.47.